The van der Waals surface area contributed by atoms with Crippen LogP contribution in [0, 0.1) is 17.2 Å². The van der Waals surface area contributed by atoms with Crippen molar-refractivity contribution in [1.29, 1.82) is 5.26 Å². The molecule has 0 heterocycles. The van der Waals surface area contributed by atoms with Crippen LogP contribution in [0.15, 0.2) is 0 Å². The maximum Gasteiger partial charge on any atom is 0.222 e. The lowest BCUT2D eigenvalue weighted by Crippen LogP contribution is -2.34. The zero-order valence-corrected chi connectivity index (χ0v) is 8.71. The van der Waals surface area contributed by atoms with Gasteiger partial charge in [0.1, 0.15) is 0 Å². The maximum atomic E-state index is 11.4. The van der Waals surface area contributed by atoms with Gasteiger partial charge < -0.3 is 4.90 Å². The zero-order valence-electron chi connectivity index (χ0n) is 8.71. The van der Waals surface area contributed by atoms with Gasteiger partial charge in [-0.25, -0.2) is 0 Å². The molecule has 0 aliphatic heterocycles. The first-order valence-corrected chi connectivity index (χ1v) is 4.76. The van der Waals surface area contributed by atoms with Crippen molar-refractivity contribution in [1.82, 2.24) is 4.90 Å². The van der Waals surface area contributed by atoms with Gasteiger partial charge in [0.15, 0.2) is 0 Å². The van der Waals surface area contributed by atoms with Crippen LogP contribution in [0.3, 0.4) is 0 Å². The minimum absolute atomic E-state index is 0.143. The molecule has 0 saturated heterocycles. The Labute approximate surface area is 80.3 Å². The van der Waals surface area contributed by atoms with E-state index in [9.17, 15) is 4.79 Å². The van der Waals surface area contributed by atoms with Crippen LogP contribution < -0.4 is 0 Å². The molecule has 1 amide bonds. The van der Waals surface area contributed by atoms with Crippen LogP contribution in [-0.4, -0.2) is 23.9 Å². The topological polar surface area (TPSA) is 44.1 Å². The number of hydrogen-bond donors (Lipinski definition) is 0. The van der Waals surface area contributed by atoms with E-state index in [1.54, 1.807) is 4.90 Å². The Morgan fingerprint density at radius 1 is 1.54 bits per heavy atom. The fourth-order valence-electron chi connectivity index (χ4n) is 1.17. The third-order valence-corrected chi connectivity index (χ3v) is 1.73. The van der Waals surface area contributed by atoms with Crippen molar-refractivity contribution < 1.29 is 4.79 Å². The SMILES string of the molecule is CCC(=O)N(CCC#N)CC(C)C. The monoisotopic (exact) mass is 182 g/mol. The van der Waals surface area contributed by atoms with Gasteiger partial charge in [-0.15, -0.1) is 0 Å². The van der Waals surface area contributed by atoms with Gasteiger partial charge in [-0.05, 0) is 5.92 Å². The van der Waals surface area contributed by atoms with Crippen LogP contribution in [-0.2, 0) is 4.79 Å². The molecule has 3 nitrogen and oxygen atoms in total. The Kier molecular flexibility index (Phi) is 5.96. The summed E-state index contributed by atoms with van der Waals surface area (Å²) in [5, 5.41) is 8.42. The number of rotatable bonds is 5. The van der Waals surface area contributed by atoms with Crippen molar-refractivity contribution in [3.8, 4) is 6.07 Å². The molecule has 0 aromatic carbocycles. The number of carbonyl (C=O) groups is 1. The third kappa shape index (κ3) is 5.24. The molecular weight excluding hydrogens is 164 g/mol. The Bertz CT molecular complexity index is 194. The first kappa shape index (κ1) is 12.0. The van der Waals surface area contributed by atoms with Crippen molar-refractivity contribution in [2.45, 2.75) is 33.6 Å². The van der Waals surface area contributed by atoms with Crippen LogP contribution >= 0.6 is 0 Å². The molecule has 0 spiro atoms. The molecule has 0 aromatic rings. The summed E-state index contributed by atoms with van der Waals surface area (Å²) >= 11 is 0. The second kappa shape index (κ2) is 6.47. The van der Waals surface area contributed by atoms with Crippen molar-refractivity contribution in [3.63, 3.8) is 0 Å². The van der Waals surface area contributed by atoms with E-state index in [1.165, 1.54) is 0 Å². The van der Waals surface area contributed by atoms with Crippen molar-refractivity contribution >= 4 is 5.91 Å². The van der Waals surface area contributed by atoms with E-state index >= 15 is 0 Å². The number of nitrogens with zero attached hydrogens (tertiary/aromatic N) is 2. The van der Waals surface area contributed by atoms with Crippen molar-refractivity contribution in [2.75, 3.05) is 13.1 Å². The van der Waals surface area contributed by atoms with Gasteiger partial charge in [0.05, 0.1) is 12.5 Å². The van der Waals surface area contributed by atoms with Crippen LogP contribution in [0.4, 0.5) is 0 Å². The van der Waals surface area contributed by atoms with E-state index < -0.39 is 0 Å². The average molecular weight is 182 g/mol. The molecule has 74 valence electrons. The second-order valence-corrected chi connectivity index (χ2v) is 3.50. The largest absolute Gasteiger partial charge is 0.341 e. The molecule has 0 radical (unpaired) electrons. The average Bonchev–Trinajstić information content (AvgIpc) is 2.10. The van der Waals surface area contributed by atoms with Gasteiger partial charge in [-0.1, -0.05) is 20.8 Å². The van der Waals surface area contributed by atoms with Crippen LogP contribution in [0.2, 0.25) is 0 Å². The lowest BCUT2D eigenvalue weighted by Gasteiger charge is -2.22. The van der Waals surface area contributed by atoms with E-state index in [0.717, 1.165) is 6.54 Å². The standard InChI is InChI=1S/C10H18N2O/c1-4-10(13)12(7-5-6-11)8-9(2)3/h9H,4-5,7-8H2,1-3H3. The Morgan fingerprint density at radius 2 is 2.15 bits per heavy atom. The molecule has 0 atom stereocenters. The molecule has 0 bridgehead atoms. The van der Waals surface area contributed by atoms with E-state index in [-0.39, 0.29) is 5.91 Å². The Hall–Kier alpha value is -1.04. The fourth-order valence-corrected chi connectivity index (χ4v) is 1.17. The minimum Gasteiger partial charge on any atom is -0.341 e. The first-order valence-electron chi connectivity index (χ1n) is 4.76. The molecule has 0 aliphatic carbocycles. The van der Waals surface area contributed by atoms with Gasteiger partial charge in [0.25, 0.3) is 0 Å². The summed E-state index contributed by atoms with van der Waals surface area (Å²) in [6, 6.07) is 2.06. The Balaban J connectivity index is 4.04. The van der Waals surface area contributed by atoms with Crippen molar-refractivity contribution in [2.24, 2.45) is 5.92 Å². The molecule has 0 fully saturated rings. The van der Waals surface area contributed by atoms with E-state index in [4.69, 9.17) is 5.26 Å². The maximum absolute atomic E-state index is 11.4. The summed E-state index contributed by atoms with van der Waals surface area (Å²) in [5.41, 5.74) is 0. The summed E-state index contributed by atoms with van der Waals surface area (Å²) < 4.78 is 0. The highest BCUT2D eigenvalue weighted by Gasteiger charge is 2.11. The van der Waals surface area contributed by atoms with Crippen LogP contribution in [0.25, 0.3) is 0 Å². The molecule has 0 saturated carbocycles. The molecular formula is C10H18N2O. The van der Waals surface area contributed by atoms with Gasteiger partial charge in [-0.3, -0.25) is 4.79 Å². The molecule has 0 N–H and O–H groups in total. The van der Waals surface area contributed by atoms with E-state index in [1.807, 2.05) is 6.92 Å². The van der Waals surface area contributed by atoms with Gasteiger partial charge >= 0.3 is 0 Å². The summed E-state index contributed by atoms with van der Waals surface area (Å²) in [6.07, 6.45) is 0.955. The highest BCUT2D eigenvalue weighted by Crippen LogP contribution is 2.02. The summed E-state index contributed by atoms with van der Waals surface area (Å²) in [5.74, 6) is 0.609. The molecule has 13 heavy (non-hydrogen) atoms. The lowest BCUT2D eigenvalue weighted by molar-refractivity contribution is -0.131. The van der Waals surface area contributed by atoms with Gasteiger partial charge in [0.2, 0.25) is 5.91 Å². The van der Waals surface area contributed by atoms with E-state index in [0.29, 0.717) is 25.3 Å². The molecule has 0 aromatic heterocycles. The second-order valence-electron chi connectivity index (χ2n) is 3.50. The first-order chi connectivity index (χ1) is 6.11. The molecule has 0 rings (SSSR count). The van der Waals surface area contributed by atoms with E-state index in [2.05, 4.69) is 19.9 Å². The summed E-state index contributed by atoms with van der Waals surface area (Å²) in [4.78, 5) is 13.1. The normalized spacial score (nSPS) is 9.77. The van der Waals surface area contributed by atoms with Crippen LogP contribution in [0.5, 0.6) is 0 Å². The summed E-state index contributed by atoms with van der Waals surface area (Å²) in [7, 11) is 0. The fraction of sp³-hybridized carbons (Fsp3) is 0.800. The van der Waals surface area contributed by atoms with Gasteiger partial charge in [0, 0.05) is 19.5 Å². The molecule has 0 aliphatic rings. The highest BCUT2D eigenvalue weighted by molar-refractivity contribution is 5.75. The number of amides is 1. The number of carbonyl (C=O) groups excluding carboxylic acids is 1. The quantitative estimate of drug-likeness (QED) is 0.650. The van der Waals surface area contributed by atoms with Gasteiger partial charge in [-0.2, -0.15) is 5.26 Å². The summed E-state index contributed by atoms with van der Waals surface area (Å²) in [6.45, 7) is 7.32. The third-order valence-electron chi connectivity index (χ3n) is 1.73. The minimum atomic E-state index is 0.143. The highest BCUT2D eigenvalue weighted by atomic mass is 16.2. The zero-order chi connectivity index (χ0) is 10.3. The molecule has 3 heteroatoms. The Morgan fingerprint density at radius 3 is 2.54 bits per heavy atom. The van der Waals surface area contributed by atoms with Crippen molar-refractivity contribution in [3.05, 3.63) is 0 Å². The van der Waals surface area contributed by atoms with Crippen LogP contribution in [0.1, 0.15) is 33.6 Å². The predicted molar refractivity (Wildman–Crippen MR) is 51.9 cm³/mol. The number of hydrogen-bond acceptors (Lipinski definition) is 2. The predicted octanol–water partition coefficient (Wildman–Crippen LogP) is 1.79. The smallest absolute Gasteiger partial charge is 0.222 e. The molecule has 0 unspecified atom stereocenters. The lowest BCUT2D eigenvalue weighted by atomic mass is 10.2. The number of nitriles is 1.